The lowest BCUT2D eigenvalue weighted by atomic mass is 9.87. The molecule has 1 aromatic heterocycles. The van der Waals surface area contributed by atoms with Crippen LogP contribution in [0.15, 0.2) is 57.8 Å². The molecule has 3 heterocycles. The fourth-order valence-corrected chi connectivity index (χ4v) is 3.81. The van der Waals surface area contributed by atoms with Crippen molar-refractivity contribution >= 4 is 23.6 Å². The topological polar surface area (TPSA) is 34.4 Å². The molecule has 0 saturated carbocycles. The second kappa shape index (κ2) is 6.83. The number of hydrogen-bond acceptors (Lipinski definition) is 4. The molecule has 5 rings (SSSR count). The Hall–Kier alpha value is -1.82. The molecule has 1 spiro atoms. The highest BCUT2D eigenvalue weighted by Gasteiger charge is 2.43. The number of ether oxygens (including phenoxy) is 1. The standard InChI is InChI=1S/C14H15NO2.C6H5FS/c1-2-4-12-10(3-1)11-5-7-15-14(13(11)17-12)6-8-16-9-14;7-5-2-1-3-6(8)4-5/h1-4,15H,5-9H2;1-4,8H. The number of benzene rings is 2. The highest BCUT2D eigenvalue weighted by Crippen LogP contribution is 2.40. The second-order valence-corrected chi connectivity index (χ2v) is 6.96. The number of rotatable bonds is 0. The van der Waals surface area contributed by atoms with Gasteiger partial charge in [0.2, 0.25) is 0 Å². The molecule has 1 N–H and O–H groups in total. The van der Waals surface area contributed by atoms with E-state index in [4.69, 9.17) is 9.15 Å². The Bertz CT molecular complexity index is 869. The van der Waals surface area contributed by atoms with Gasteiger partial charge in [0, 0.05) is 29.0 Å². The van der Waals surface area contributed by atoms with Crippen molar-refractivity contribution in [2.24, 2.45) is 0 Å². The Labute approximate surface area is 151 Å². The van der Waals surface area contributed by atoms with E-state index in [0.29, 0.717) is 4.90 Å². The molecule has 2 aliphatic heterocycles. The van der Waals surface area contributed by atoms with E-state index in [-0.39, 0.29) is 11.4 Å². The van der Waals surface area contributed by atoms with Crippen molar-refractivity contribution in [1.82, 2.24) is 5.32 Å². The normalized spacial score (nSPS) is 21.8. The maximum absolute atomic E-state index is 12.1. The first-order valence-electron chi connectivity index (χ1n) is 8.46. The largest absolute Gasteiger partial charge is 0.459 e. The molecule has 130 valence electrons. The minimum Gasteiger partial charge on any atom is -0.459 e. The van der Waals surface area contributed by atoms with Crippen molar-refractivity contribution in [3.8, 4) is 0 Å². The van der Waals surface area contributed by atoms with Gasteiger partial charge in [0.15, 0.2) is 0 Å². The van der Waals surface area contributed by atoms with Crippen LogP contribution in [0.4, 0.5) is 4.39 Å². The summed E-state index contributed by atoms with van der Waals surface area (Å²) in [5.41, 5.74) is 2.32. The number of para-hydroxylation sites is 1. The van der Waals surface area contributed by atoms with Crippen molar-refractivity contribution in [2.45, 2.75) is 23.3 Å². The first kappa shape index (κ1) is 16.6. The Morgan fingerprint density at radius 2 is 2.00 bits per heavy atom. The van der Waals surface area contributed by atoms with Gasteiger partial charge in [-0.2, -0.15) is 0 Å². The molecule has 1 atom stereocenters. The number of nitrogens with one attached hydrogen (secondary N) is 1. The molecule has 3 nitrogen and oxygen atoms in total. The Kier molecular flexibility index (Phi) is 4.54. The molecule has 0 bridgehead atoms. The Morgan fingerprint density at radius 3 is 2.72 bits per heavy atom. The van der Waals surface area contributed by atoms with Gasteiger partial charge in [-0.1, -0.05) is 24.3 Å². The molecule has 2 aromatic carbocycles. The number of hydrogen-bond donors (Lipinski definition) is 2. The number of fused-ring (bicyclic) bond motifs is 4. The van der Waals surface area contributed by atoms with E-state index in [2.05, 4.69) is 36.1 Å². The molecule has 0 amide bonds. The minimum absolute atomic E-state index is 0.0629. The average molecular weight is 357 g/mol. The summed E-state index contributed by atoms with van der Waals surface area (Å²) in [5.74, 6) is 0.875. The van der Waals surface area contributed by atoms with E-state index in [1.807, 2.05) is 6.07 Å². The third kappa shape index (κ3) is 3.19. The molecule has 2 aliphatic rings. The Morgan fingerprint density at radius 1 is 1.12 bits per heavy atom. The lowest BCUT2D eigenvalue weighted by Gasteiger charge is -2.31. The lowest BCUT2D eigenvalue weighted by Crippen LogP contribution is -2.47. The summed E-state index contributed by atoms with van der Waals surface area (Å²) >= 11 is 3.91. The van der Waals surface area contributed by atoms with E-state index < -0.39 is 0 Å². The molecule has 0 radical (unpaired) electrons. The third-order valence-corrected chi connectivity index (χ3v) is 5.08. The summed E-state index contributed by atoms with van der Waals surface area (Å²) in [6.07, 6.45) is 2.06. The highest BCUT2D eigenvalue weighted by atomic mass is 32.1. The van der Waals surface area contributed by atoms with Crippen LogP contribution in [0.1, 0.15) is 17.7 Å². The van der Waals surface area contributed by atoms with E-state index in [9.17, 15) is 4.39 Å². The van der Waals surface area contributed by atoms with E-state index in [0.717, 1.165) is 43.9 Å². The van der Waals surface area contributed by atoms with Crippen molar-refractivity contribution in [2.75, 3.05) is 19.8 Å². The van der Waals surface area contributed by atoms with Crippen LogP contribution in [-0.4, -0.2) is 19.8 Å². The van der Waals surface area contributed by atoms with Gasteiger partial charge in [0.05, 0.1) is 6.61 Å². The van der Waals surface area contributed by atoms with Crippen LogP contribution in [0.5, 0.6) is 0 Å². The van der Waals surface area contributed by atoms with E-state index in [1.165, 1.54) is 23.1 Å². The summed E-state index contributed by atoms with van der Waals surface area (Å²) in [7, 11) is 0. The highest BCUT2D eigenvalue weighted by molar-refractivity contribution is 7.80. The van der Waals surface area contributed by atoms with Gasteiger partial charge in [-0.3, -0.25) is 0 Å². The zero-order valence-corrected chi connectivity index (χ0v) is 14.7. The van der Waals surface area contributed by atoms with Gasteiger partial charge in [-0.15, -0.1) is 12.6 Å². The van der Waals surface area contributed by atoms with Gasteiger partial charge >= 0.3 is 0 Å². The number of thiol groups is 1. The maximum Gasteiger partial charge on any atom is 0.134 e. The van der Waals surface area contributed by atoms with Crippen molar-refractivity contribution in [3.05, 3.63) is 65.7 Å². The van der Waals surface area contributed by atoms with Gasteiger partial charge in [0.25, 0.3) is 0 Å². The second-order valence-electron chi connectivity index (χ2n) is 6.45. The third-order valence-electron chi connectivity index (χ3n) is 4.80. The zero-order chi connectivity index (χ0) is 17.3. The van der Waals surface area contributed by atoms with Crippen molar-refractivity contribution in [1.29, 1.82) is 0 Å². The molecule has 1 saturated heterocycles. The van der Waals surface area contributed by atoms with Crippen LogP contribution in [0.25, 0.3) is 11.0 Å². The van der Waals surface area contributed by atoms with Crippen LogP contribution in [0.2, 0.25) is 0 Å². The summed E-state index contributed by atoms with van der Waals surface area (Å²) in [5, 5.41) is 4.87. The van der Waals surface area contributed by atoms with Crippen LogP contribution in [-0.2, 0) is 16.7 Å². The fraction of sp³-hybridized carbons (Fsp3) is 0.300. The van der Waals surface area contributed by atoms with Crippen LogP contribution < -0.4 is 5.32 Å². The molecule has 1 unspecified atom stereocenters. The SMILES string of the molecule is Fc1cccc(S)c1.c1ccc2c3c(oc2c1)C1(CCOC1)NCC3. The first-order valence-corrected chi connectivity index (χ1v) is 8.91. The predicted molar refractivity (Wildman–Crippen MR) is 98.7 cm³/mol. The monoisotopic (exact) mass is 357 g/mol. The molecular weight excluding hydrogens is 337 g/mol. The average Bonchev–Trinajstić information content (AvgIpc) is 3.22. The lowest BCUT2D eigenvalue weighted by molar-refractivity contribution is 0.153. The van der Waals surface area contributed by atoms with E-state index in [1.54, 1.807) is 12.1 Å². The molecule has 0 aliphatic carbocycles. The summed E-state index contributed by atoms with van der Waals surface area (Å²) < 4.78 is 23.8. The first-order chi connectivity index (χ1) is 12.2. The zero-order valence-electron chi connectivity index (χ0n) is 13.8. The maximum atomic E-state index is 12.1. The summed E-state index contributed by atoms with van der Waals surface area (Å²) in [6, 6.07) is 14.4. The summed E-state index contributed by atoms with van der Waals surface area (Å²) in [4.78, 5) is 0.657. The predicted octanol–water partition coefficient (Wildman–Crippen LogP) is 4.31. The van der Waals surface area contributed by atoms with Crippen LogP contribution in [0.3, 0.4) is 0 Å². The van der Waals surface area contributed by atoms with Gasteiger partial charge in [0.1, 0.15) is 22.7 Å². The van der Waals surface area contributed by atoms with Gasteiger partial charge < -0.3 is 14.5 Å². The quantitative estimate of drug-likeness (QED) is 0.589. The van der Waals surface area contributed by atoms with Gasteiger partial charge in [-0.25, -0.2) is 4.39 Å². The van der Waals surface area contributed by atoms with Crippen molar-refractivity contribution in [3.63, 3.8) is 0 Å². The molecule has 1 fully saturated rings. The molecular formula is C20H20FNO2S. The summed E-state index contributed by atoms with van der Waals surface area (Å²) in [6.45, 7) is 2.57. The number of furan rings is 1. The van der Waals surface area contributed by atoms with E-state index >= 15 is 0 Å². The molecule has 5 heteroatoms. The van der Waals surface area contributed by atoms with Gasteiger partial charge in [-0.05, 0) is 37.1 Å². The van der Waals surface area contributed by atoms with Crippen LogP contribution >= 0.6 is 12.6 Å². The van der Waals surface area contributed by atoms with Crippen molar-refractivity contribution < 1.29 is 13.5 Å². The van der Waals surface area contributed by atoms with Crippen LogP contribution in [0, 0.1) is 5.82 Å². The fourth-order valence-electron chi connectivity index (χ4n) is 3.60. The smallest absolute Gasteiger partial charge is 0.134 e. The molecule has 25 heavy (non-hydrogen) atoms. The number of halogens is 1. The Balaban J connectivity index is 0.000000166. The minimum atomic E-state index is -0.238. The molecule has 3 aromatic rings.